The summed E-state index contributed by atoms with van der Waals surface area (Å²) in [5, 5.41) is 0. The van der Waals surface area contributed by atoms with E-state index in [1.165, 1.54) is 0 Å². The molecule has 0 aliphatic rings. The Labute approximate surface area is 125 Å². The minimum Gasteiger partial charge on any atom is -0.489 e. The smallest absolute Gasteiger partial charge is 0.306 e. The molecule has 0 radical (unpaired) electrons. The Balaban J connectivity index is 1.80. The SMILES string of the molecule is CCOC(=O)CCc1ccc(COc2ccccc2)cc1. The lowest BCUT2D eigenvalue weighted by molar-refractivity contribution is -0.143. The molecule has 0 aliphatic carbocycles. The summed E-state index contributed by atoms with van der Waals surface area (Å²) in [4.78, 5) is 11.3. The van der Waals surface area contributed by atoms with E-state index in [1.807, 2.05) is 61.5 Å². The Morgan fingerprint density at radius 3 is 2.29 bits per heavy atom. The normalized spacial score (nSPS) is 10.1. The summed E-state index contributed by atoms with van der Waals surface area (Å²) >= 11 is 0. The molecule has 0 unspecified atom stereocenters. The van der Waals surface area contributed by atoms with Crippen LogP contribution in [0.1, 0.15) is 24.5 Å². The van der Waals surface area contributed by atoms with Gasteiger partial charge in [0.15, 0.2) is 0 Å². The van der Waals surface area contributed by atoms with E-state index in [2.05, 4.69) is 0 Å². The van der Waals surface area contributed by atoms with Crippen LogP contribution in [0.15, 0.2) is 54.6 Å². The first-order valence-corrected chi connectivity index (χ1v) is 7.19. The lowest BCUT2D eigenvalue weighted by Crippen LogP contribution is -2.05. The molecule has 2 aromatic carbocycles. The summed E-state index contributed by atoms with van der Waals surface area (Å²) in [5.41, 5.74) is 2.24. The van der Waals surface area contributed by atoms with Gasteiger partial charge in [-0.3, -0.25) is 4.79 Å². The number of carbonyl (C=O) groups excluding carboxylic acids is 1. The van der Waals surface area contributed by atoms with Crippen LogP contribution in [0.3, 0.4) is 0 Å². The number of rotatable bonds is 7. The Morgan fingerprint density at radius 2 is 1.62 bits per heavy atom. The number of ether oxygens (including phenoxy) is 2. The molecule has 21 heavy (non-hydrogen) atoms. The van der Waals surface area contributed by atoms with Gasteiger partial charge in [-0.1, -0.05) is 42.5 Å². The minimum atomic E-state index is -0.144. The fraction of sp³-hybridized carbons (Fsp3) is 0.278. The third-order valence-corrected chi connectivity index (χ3v) is 3.09. The number of para-hydroxylation sites is 1. The first kappa shape index (κ1) is 15.1. The fourth-order valence-electron chi connectivity index (χ4n) is 1.97. The molecule has 0 atom stereocenters. The van der Waals surface area contributed by atoms with Crippen molar-refractivity contribution < 1.29 is 14.3 Å². The molecule has 0 spiro atoms. The topological polar surface area (TPSA) is 35.5 Å². The number of aryl methyl sites for hydroxylation is 1. The second kappa shape index (κ2) is 8.10. The molecular formula is C18H20O3. The van der Waals surface area contributed by atoms with Crippen molar-refractivity contribution in [1.82, 2.24) is 0 Å². The molecule has 0 saturated carbocycles. The van der Waals surface area contributed by atoms with Crippen molar-refractivity contribution in [2.75, 3.05) is 6.61 Å². The Bertz CT molecular complexity index is 546. The maximum absolute atomic E-state index is 11.3. The van der Waals surface area contributed by atoms with Crippen LogP contribution in [0.4, 0.5) is 0 Å². The van der Waals surface area contributed by atoms with Crippen molar-refractivity contribution in [2.45, 2.75) is 26.4 Å². The lowest BCUT2D eigenvalue weighted by atomic mass is 10.1. The average Bonchev–Trinajstić information content (AvgIpc) is 2.53. The zero-order valence-electron chi connectivity index (χ0n) is 12.2. The fourth-order valence-corrected chi connectivity index (χ4v) is 1.97. The van der Waals surface area contributed by atoms with Crippen LogP contribution in [0.25, 0.3) is 0 Å². The highest BCUT2D eigenvalue weighted by atomic mass is 16.5. The highest BCUT2D eigenvalue weighted by Crippen LogP contribution is 2.13. The summed E-state index contributed by atoms with van der Waals surface area (Å²) < 4.78 is 10.6. The van der Waals surface area contributed by atoms with Crippen molar-refractivity contribution >= 4 is 5.97 Å². The molecule has 2 rings (SSSR count). The summed E-state index contributed by atoms with van der Waals surface area (Å²) in [7, 11) is 0. The third-order valence-electron chi connectivity index (χ3n) is 3.09. The van der Waals surface area contributed by atoms with E-state index in [1.54, 1.807) is 0 Å². The highest BCUT2D eigenvalue weighted by Gasteiger charge is 2.03. The molecule has 0 bridgehead atoms. The van der Waals surface area contributed by atoms with Gasteiger partial charge in [0.1, 0.15) is 12.4 Å². The highest BCUT2D eigenvalue weighted by molar-refractivity contribution is 5.69. The van der Waals surface area contributed by atoms with Crippen molar-refractivity contribution in [3.8, 4) is 5.75 Å². The van der Waals surface area contributed by atoms with Crippen LogP contribution in [0.5, 0.6) is 5.75 Å². The van der Waals surface area contributed by atoms with E-state index in [-0.39, 0.29) is 5.97 Å². The Morgan fingerprint density at radius 1 is 0.952 bits per heavy atom. The minimum absolute atomic E-state index is 0.144. The van der Waals surface area contributed by atoms with E-state index in [0.29, 0.717) is 26.1 Å². The molecule has 0 saturated heterocycles. The van der Waals surface area contributed by atoms with Crippen LogP contribution < -0.4 is 4.74 Å². The summed E-state index contributed by atoms with van der Waals surface area (Å²) in [5.74, 6) is 0.720. The molecule has 0 fully saturated rings. The van der Waals surface area contributed by atoms with E-state index in [4.69, 9.17) is 9.47 Å². The van der Waals surface area contributed by atoms with Gasteiger partial charge in [-0.25, -0.2) is 0 Å². The van der Waals surface area contributed by atoms with Crippen LogP contribution in [-0.4, -0.2) is 12.6 Å². The van der Waals surface area contributed by atoms with Gasteiger partial charge in [-0.15, -0.1) is 0 Å². The molecule has 2 aromatic rings. The zero-order valence-corrected chi connectivity index (χ0v) is 12.2. The molecule has 0 aliphatic heterocycles. The molecule has 3 nitrogen and oxygen atoms in total. The third kappa shape index (κ3) is 5.30. The summed E-state index contributed by atoms with van der Waals surface area (Å²) in [6, 6.07) is 17.9. The van der Waals surface area contributed by atoms with Gasteiger partial charge in [-0.2, -0.15) is 0 Å². The second-order valence-corrected chi connectivity index (χ2v) is 4.72. The van der Waals surface area contributed by atoms with Crippen molar-refractivity contribution in [3.05, 3.63) is 65.7 Å². The maximum atomic E-state index is 11.3. The van der Waals surface area contributed by atoms with Gasteiger partial charge in [-0.05, 0) is 36.6 Å². The van der Waals surface area contributed by atoms with Crippen LogP contribution >= 0.6 is 0 Å². The van der Waals surface area contributed by atoms with Gasteiger partial charge in [0.05, 0.1) is 6.61 Å². The quantitative estimate of drug-likeness (QED) is 0.726. The standard InChI is InChI=1S/C18H20O3/c1-2-20-18(19)13-12-15-8-10-16(11-9-15)14-21-17-6-4-3-5-7-17/h3-11H,2,12-14H2,1H3. The van der Waals surface area contributed by atoms with Gasteiger partial charge in [0.2, 0.25) is 0 Å². The van der Waals surface area contributed by atoms with E-state index < -0.39 is 0 Å². The molecule has 0 heterocycles. The van der Waals surface area contributed by atoms with Crippen molar-refractivity contribution in [3.63, 3.8) is 0 Å². The van der Waals surface area contributed by atoms with E-state index in [9.17, 15) is 4.79 Å². The number of benzene rings is 2. The van der Waals surface area contributed by atoms with Crippen LogP contribution in [-0.2, 0) is 22.6 Å². The predicted octanol–water partition coefficient (Wildman–Crippen LogP) is 3.76. The van der Waals surface area contributed by atoms with E-state index >= 15 is 0 Å². The van der Waals surface area contributed by atoms with Gasteiger partial charge >= 0.3 is 5.97 Å². The number of carbonyl (C=O) groups is 1. The molecule has 0 aromatic heterocycles. The predicted molar refractivity (Wildman–Crippen MR) is 82.2 cm³/mol. The Hall–Kier alpha value is -2.29. The summed E-state index contributed by atoms with van der Waals surface area (Å²) in [6.45, 7) is 2.80. The van der Waals surface area contributed by atoms with Crippen LogP contribution in [0, 0.1) is 0 Å². The first-order valence-electron chi connectivity index (χ1n) is 7.19. The van der Waals surface area contributed by atoms with E-state index in [0.717, 1.165) is 16.9 Å². The van der Waals surface area contributed by atoms with Gasteiger partial charge in [0.25, 0.3) is 0 Å². The Kier molecular flexibility index (Phi) is 5.83. The monoisotopic (exact) mass is 284 g/mol. The summed E-state index contributed by atoms with van der Waals surface area (Å²) in [6.07, 6.45) is 1.13. The average molecular weight is 284 g/mol. The van der Waals surface area contributed by atoms with Gasteiger partial charge in [0, 0.05) is 6.42 Å². The van der Waals surface area contributed by atoms with Crippen molar-refractivity contribution in [1.29, 1.82) is 0 Å². The number of hydrogen-bond donors (Lipinski definition) is 0. The number of hydrogen-bond acceptors (Lipinski definition) is 3. The molecule has 3 heteroatoms. The van der Waals surface area contributed by atoms with Gasteiger partial charge < -0.3 is 9.47 Å². The molecule has 0 amide bonds. The largest absolute Gasteiger partial charge is 0.489 e. The van der Waals surface area contributed by atoms with Crippen LogP contribution in [0.2, 0.25) is 0 Å². The zero-order chi connectivity index (χ0) is 14.9. The molecule has 110 valence electrons. The lowest BCUT2D eigenvalue weighted by Gasteiger charge is -2.07. The second-order valence-electron chi connectivity index (χ2n) is 4.72. The molecular weight excluding hydrogens is 264 g/mol. The first-order chi connectivity index (χ1) is 10.3. The van der Waals surface area contributed by atoms with Crippen molar-refractivity contribution in [2.24, 2.45) is 0 Å². The number of esters is 1. The maximum Gasteiger partial charge on any atom is 0.306 e. The molecule has 0 N–H and O–H groups in total.